The summed E-state index contributed by atoms with van der Waals surface area (Å²) in [6, 6.07) is 7.46. The van der Waals surface area contributed by atoms with Gasteiger partial charge in [0, 0.05) is 18.3 Å². The average Bonchev–Trinajstić information content (AvgIpc) is 2.78. The van der Waals surface area contributed by atoms with E-state index in [-0.39, 0.29) is 5.78 Å². The van der Waals surface area contributed by atoms with Crippen LogP contribution in [0.15, 0.2) is 36.8 Å². The van der Waals surface area contributed by atoms with E-state index in [1.807, 2.05) is 31.2 Å². The molecule has 2 aromatic rings. The monoisotopic (exact) mass is 224 g/mol. The quantitative estimate of drug-likeness (QED) is 0.584. The summed E-state index contributed by atoms with van der Waals surface area (Å²) < 4.78 is 1.80. The van der Waals surface area contributed by atoms with Crippen LogP contribution in [0.5, 0.6) is 0 Å². The zero-order valence-corrected chi connectivity index (χ0v) is 9.76. The van der Waals surface area contributed by atoms with Crippen molar-refractivity contribution in [2.45, 2.75) is 19.8 Å². The van der Waals surface area contributed by atoms with E-state index >= 15 is 0 Å². The molecule has 2 rings (SSSR count). The van der Waals surface area contributed by atoms with Crippen LogP contribution in [0, 0.1) is 0 Å². The second-order valence-electron chi connectivity index (χ2n) is 3.93. The summed E-state index contributed by atoms with van der Waals surface area (Å²) in [5.41, 5.74) is 2.11. The molecule has 0 aliphatic carbocycles. The lowest BCUT2D eigenvalue weighted by Gasteiger charge is -2.02. The SMILES string of the molecule is [B]c1cccc(-n2cnc(C(=O)CCC)c2)c1. The summed E-state index contributed by atoms with van der Waals surface area (Å²) >= 11 is 0. The van der Waals surface area contributed by atoms with Crippen molar-refractivity contribution in [3.8, 4) is 5.69 Å². The third kappa shape index (κ3) is 2.64. The second kappa shape index (κ2) is 5.00. The summed E-state index contributed by atoms with van der Waals surface area (Å²) in [7, 11) is 5.71. The Bertz CT molecular complexity index is 534. The highest BCUT2D eigenvalue weighted by molar-refractivity contribution is 6.32. The fourth-order valence-corrected chi connectivity index (χ4v) is 1.65. The Kier molecular flexibility index (Phi) is 3.42. The van der Waals surface area contributed by atoms with E-state index in [2.05, 4.69) is 4.98 Å². The van der Waals surface area contributed by atoms with Crippen LogP contribution < -0.4 is 5.46 Å². The molecule has 1 aromatic heterocycles. The van der Waals surface area contributed by atoms with Crippen LogP contribution in [0.2, 0.25) is 0 Å². The lowest BCUT2D eigenvalue weighted by Crippen LogP contribution is -2.03. The number of aromatic nitrogens is 2. The normalized spacial score (nSPS) is 10.4. The summed E-state index contributed by atoms with van der Waals surface area (Å²) in [4.78, 5) is 15.8. The minimum absolute atomic E-state index is 0.0788. The number of hydrogen-bond donors (Lipinski definition) is 0. The van der Waals surface area contributed by atoms with Gasteiger partial charge in [0.1, 0.15) is 19.9 Å². The van der Waals surface area contributed by atoms with E-state index in [1.165, 1.54) is 0 Å². The first kappa shape index (κ1) is 11.6. The average molecular weight is 224 g/mol. The third-order valence-corrected chi connectivity index (χ3v) is 2.51. The highest BCUT2D eigenvalue weighted by Crippen LogP contribution is 2.08. The predicted octanol–water partition coefficient (Wildman–Crippen LogP) is 1.65. The van der Waals surface area contributed by atoms with Crippen LogP contribution in [-0.4, -0.2) is 23.2 Å². The van der Waals surface area contributed by atoms with Crippen LogP contribution in [0.3, 0.4) is 0 Å². The molecule has 0 aliphatic heterocycles. The van der Waals surface area contributed by atoms with Gasteiger partial charge in [-0.05, 0) is 18.6 Å². The molecule has 2 radical (unpaired) electrons. The summed E-state index contributed by atoms with van der Waals surface area (Å²) in [5.74, 6) is 0.0788. The van der Waals surface area contributed by atoms with Gasteiger partial charge in [-0.3, -0.25) is 4.79 Å². The van der Waals surface area contributed by atoms with Gasteiger partial charge in [0.05, 0.1) is 0 Å². The van der Waals surface area contributed by atoms with Crippen LogP contribution in [0.1, 0.15) is 30.3 Å². The number of imidazole rings is 1. The Morgan fingerprint density at radius 1 is 1.47 bits per heavy atom. The summed E-state index contributed by atoms with van der Waals surface area (Å²) in [6.45, 7) is 1.98. The number of rotatable bonds is 4. The van der Waals surface area contributed by atoms with Gasteiger partial charge in [0.2, 0.25) is 0 Å². The Hall–Kier alpha value is -1.84. The number of Topliss-reactive ketones (excluding diaryl/α,β-unsaturated/α-hetero) is 1. The molecule has 0 saturated carbocycles. The second-order valence-corrected chi connectivity index (χ2v) is 3.93. The van der Waals surface area contributed by atoms with Gasteiger partial charge in [0.15, 0.2) is 5.78 Å². The molecular weight excluding hydrogens is 211 g/mol. The first-order chi connectivity index (χ1) is 8.20. The van der Waals surface area contributed by atoms with Crippen molar-refractivity contribution >= 4 is 19.1 Å². The van der Waals surface area contributed by atoms with Crippen LogP contribution in [-0.2, 0) is 0 Å². The predicted molar refractivity (Wildman–Crippen MR) is 68.2 cm³/mol. The van der Waals surface area contributed by atoms with Crippen LogP contribution >= 0.6 is 0 Å². The molecule has 0 spiro atoms. The lowest BCUT2D eigenvalue weighted by atomic mass is 9.96. The molecule has 17 heavy (non-hydrogen) atoms. The maximum atomic E-state index is 11.7. The highest BCUT2D eigenvalue weighted by atomic mass is 16.1. The van der Waals surface area contributed by atoms with Crippen molar-refractivity contribution in [1.82, 2.24) is 9.55 Å². The van der Waals surface area contributed by atoms with E-state index in [1.54, 1.807) is 17.1 Å². The van der Waals surface area contributed by atoms with Gasteiger partial charge in [-0.25, -0.2) is 4.98 Å². The molecular formula is C13H13BN2O. The molecule has 4 heteroatoms. The maximum absolute atomic E-state index is 11.7. The minimum Gasteiger partial charge on any atom is -0.306 e. The van der Waals surface area contributed by atoms with Crippen molar-refractivity contribution in [1.29, 1.82) is 0 Å². The molecule has 1 heterocycles. The molecule has 0 atom stereocenters. The number of nitrogens with zero attached hydrogens (tertiary/aromatic N) is 2. The first-order valence-corrected chi connectivity index (χ1v) is 5.64. The van der Waals surface area contributed by atoms with Crippen molar-refractivity contribution in [3.05, 3.63) is 42.5 Å². The van der Waals surface area contributed by atoms with Crippen molar-refractivity contribution in [3.63, 3.8) is 0 Å². The number of carbonyl (C=O) groups excluding carboxylic acids is 1. The van der Waals surface area contributed by atoms with Gasteiger partial charge < -0.3 is 4.57 Å². The summed E-state index contributed by atoms with van der Waals surface area (Å²) in [5, 5.41) is 0. The Morgan fingerprint density at radius 2 is 2.29 bits per heavy atom. The Morgan fingerprint density at radius 3 is 3.00 bits per heavy atom. The fourth-order valence-electron chi connectivity index (χ4n) is 1.65. The zero-order chi connectivity index (χ0) is 12.3. The fraction of sp³-hybridized carbons (Fsp3) is 0.231. The molecule has 0 amide bonds. The van der Waals surface area contributed by atoms with Gasteiger partial charge in [-0.1, -0.05) is 24.5 Å². The number of benzene rings is 1. The van der Waals surface area contributed by atoms with E-state index < -0.39 is 0 Å². The van der Waals surface area contributed by atoms with Gasteiger partial charge in [-0.15, -0.1) is 0 Å². The highest BCUT2D eigenvalue weighted by Gasteiger charge is 2.08. The number of hydrogen-bond acceptors (Lipinski definition) is 2. The Balaban J connectivity index is 2.27. The molecule has 0 aliphatic rings. The van der Waals surface area contributed by atoms with Crippen LogP contribution in [0.4, 0.5) is 0 Å². The Labute approximate surface area is 102 Å². The lowest BCUT2D eigenvalue weighted by molar-refractivity contribution is 0.0977. The zero-order valence-electron chi connectivity index (χ0n) is 9.76. The van der Waals surface area contributed by atoms with E-state index in [9.17, 15) is 4.79 Å². The topological polar surface area (TPSA) is 34.9 Å². The smallest absolute Gasteiger partial charge is 0.182 e. The summed E-state index contributed by atoms with van der Waals surface area (Å²) in [6.07, 6.45) is 4.75. The minimum atomic E-state index is 0.0788. The molecule has 1 aromatic carbocycles. The molecule has 0 unspecified atom stereocenters. The number of carbonyl (C=O) groups is 1. The van der Waals surface area contributed by atoms with Gasteiger partial charge in [0.25, 0.3) is 0 Å². The maximum Gasteiger partial charge on any atom is 0.182 e. The van der Waals surface area contributed by atoms with Crippen molar-refractivity contribution in [2.75, 3.05) is 0 Å². The first-order valence-electron chi connectivity index (χ1n) is 5.64. The van der Waals surface area contributed by atoms with Gasteiger partial charge in [-0.2, -0.15) is 0 Å². The standard InChI is InChI=1S/C13H13BN2O/c1-2-4-13(17)12-8-16(9-15-12)11-6-3-5-10(14)7-11/h3,5-9H,2,4H2,1H3. The largest absolute Gasteiger partial charge is 0.306 e. The van der Waals surface area contributed by atoms with Crippen molar-refractivity contribution in [2.24, 2.45) is 0 Å². The van der Waals surface area contributed by atoms with Crippen LogP contribution in [0.25, 0.3) is 5.69 Å². The van der Waals surface area contributed by atoms with E-state index in [4.69, 9.17) is 7.85 Å². The van der Waals surface area contributed by atoms with Crippen molar-refractivity contribution < 1.29 is 4.79 Å². The molecule has 0 saturated heterocycles. The number of ketones is 1. The molecule has 0 bridgehead atoms. The third-order valence-electron chi connectivity index (χ3n) is 2.51. The molecule has 0 N–H and O–H groups in total. The van der Waals surface area contributed by atoms with E-state index in [0.717, 1.165) is 12.1 Å². The molecule has 3 nitrogen and oxygen atoms in total. The van der Waals surface area contributed by atoms with Gasteiger partial charge >= 0.3 is 0 Å². The molecule has 0 fully saturated rings. The van der Waals surface area contributed by atoms with E-state index in [0.29, 0.717) is 17.6 Å². The molecule has 84 valence electrons.